The van der Waals surface area contributed by atoms with Crippen LogP contribution in [0.2, 0.25) is 0 Å². The van der Waals surface area contributed by atoms with Crippen molar-refractivity contribution in [3.63, 3.8) is 0 Å². The average molecular weight is 172 g/mol. The van der Waals surface area contributed by atoms with Gasteiger partial charge in [-0.1, -0.05) is 0 Å². The molecule has 0 aromatic rings. The molecule has 0 unspecified atom stereocenters. The minimum Gasteiger partial charge on any atom is -0.385 e. The zero-order valence-corrected chi connectivity index (χ0v) is 6.90. The number of hydrogen-bond donors (Lipinski definition) is 1. The number of hydrogen-bond acceptors (Lipinski definition) is 4. The fourth-order valence-corrected chi connectivity index (χ4v) is 2.31. The van der Waals surface area contributed by atoms with Gasteiger partial charge in [0.25, 0.3) is 0 Å². The van der Waals surface area contributed by atoms with Crippen LogP contribution in [0.3, 0.4) is 0 Å². The monoisotopic (exact) mass is 172 g/mol. The molecule has 68 valence electrons. The molecule has 0 spiro atoms. The summed E-state index contributed by atoms with van der Waals surface area (Å²) in [6.07, 6.45) is -0.339. The molecule has 0 aromatic carbocycles. The summed E-state index contributed by atoms with van der Waals surface area (Å²) < 4.78 is 16.5. The van der Waals surface area contributed by atoms with Gasteiger partial charge in [-0.05, 0) is 6.92 Å². The first-order valence-corrected chi connectivity index (χ1v) is 4.31. The van der Waals surface area contributed by atoms with Crippen molar-refractivity contribution in [2.24, 2.45) is 0 Å². The van der Waals surface area contributed by atoms with Crippen LogP contribution < -0.4 is 0 Å². The Kier molecular flexibility index (Phi) is 1.22. The van der Waals surface area contributed by atoms with Crippen LogP contribution in [0.5, 0.6) is 0 Å². The van der Waals surface area contributed by atoms with E-state index in [4.69, 9.17) is 14.2 Å². The number of aliphatic hydroxyl groups is 1. The van der Waals surface area contributed by atoms with Crippen LogP contribution in [0.1, 0.15) is 13.3 Å². The highest BCUT2D eigenvalue weighted by Crippen LogP contribution is 2.43. The molecule has 1 N–H and O–H groups in total. The van der Waals surface area contributed by atoms with Crippen molar-refractivity contribution in [1.82, 2.24) is 0 Å². The lowest BCUT2D eigenvalue weighted by Gasteiger charge is -2.20. The van der Waals surface area contributed by atoms with Crippen LogP contribution in [0.25, 0.3) is 0 Å². The van der Waals surface area contributed by atoms with Gasteiger partial charge in [-0.15, -0.1) is 0 Å². The molecular formula is C8H12O4. The van der Waals surface area contributed by atoms with E-state index in [2.05, 4.69) is 0 Å². The maximum Gasteiger partial charge on any atom is 0.186 e. The average Bonchev–Trinajstić information content (AvgIpc) is 2.32. The second-order valence-electron chi connectivity index (χ2n) is 4.08. The highest BCUT2D eigenvalue weighted by Gasteiger charge is 2.58. The smallest absolute Gasteiger partial charge is 0.186 e. The molecule has 4 heteroatoms. The van der Waals surface area contributed by atoms with Gasteiger partial charge in [0.05, 0.1) is 18.3 Å². The molecule has 4 aliphatic heterocycles. The Hall–Kier alpha value is -0.160. The summed E-state index contributed by atoms with van der Waals surface area (Å²) in [7, 11) is 0. The Bertz CT molecular complexity index is 219. The highest BCUT2D eigenvalue weighted by atomic mass is 16.7. The van der Waals surface area contributed by atoms with Crippen molar-refractivity contribution in [3.05, 3.63) is 0 Å². The van der Waals surface area contributed by atoms with Crippen LogP contribution in [0, 0.1) is 0 Å². The second-order valence-corrected chi connectivity index (χ2v) is 4.08. The van der Waals surface area contributed by atoms with E-state index in [1.807, 2.05) is 6.92 Å². The Balaban J connectivity index is 2.00. The molecule has 4 nitrogen and oxygen atoms in total. The van der Waals surface area contributed by atoms with Crippen LogP contribution in [0.4, 0.5) is 0 Å². The topological polar surface area (TPSA) is 47.9 Å². The van der Waals surface area contributed by atoms with E-state index in [-0.39, 0.29) is 17.8 Å². The van der Waals surface area contributed by atoms with E-state index in [1.165, 1.54) is 0 Å². The molecule has 12 heavy (non-hydrogen) atoms. The third-order valence-electron chi connectivity index (χ3n) is 2.90. The molecule has 4 aliphatic rings. The summed E-state index contributed by atoms with van der Waals surface area (Å²) in [5, 5.41) is 9.63. The lowest BCUT2D eigenvalue weighted by atomic mass is 10.0. The molecule has 4 fully saturated rings. The molecule has 0 aromatic heterocycles. The molecule has 4 rings (SSSR count). The van der Waals surface area contributed by atoms with Gasteiger partial charge in [-0.2, -0.15) is 0 Å². The number of aliphatic hydroxyl groups excluding tert-OH is 1. The first-order chi connectivity index (χ1) is 5.68. The fourth-order valence-electron chi connectivity index (χ4n) is 2.31. The molecule has 4 saturated heterocycles. The highest BCUT2D eigenvalue weighted by molar-refractivity contribution is 5.02. The molecular weight excluding hydrogens is 160 g/mol. The summed E-state index contributed by atoms with van der Waals surface area (Å²) in [4.78, 5) is 0. The van der Waals surface area contributed by atoms with E-state index in [1.54, 1.807) is 0 Å². The van der Waals surface area contributed by atoms with Crippen LogP contribution in [-0.4, -0.2) is 41.9 Å². The summed E-state index contributed by atoms with van der Waals surface area (Å²) in [5.74, 6) is 0. The first kappa shape index (κ1) is 7.26. The Labute approximate surface area is 70.4 Å². The summed E-state index contributed by atoms with van der Waals surface area (Å²) in [6, 6.07) is 0. The second kappa shape index (κ2) is 2.01. The van der Waals surface area contributed by atoms with Crippen LogP contribution in [0.15, 0.2) is 0 Å². The maximum atomic E-state index is 9.63. The quantitative estimate of drug-likeness (QED) is 0.542. The van der Waals surface area contributed by atoms with Gasteiger partial charge >= 0.3 is 0 Å². The van der Waals surface area contributed by atoms with Crippen molar-refractivity contribution in [3.8, 4) is 0 Å². The van der Waals surface area contributed by atoms with Crippen molar-refractivity contribution < 1.29 is 19.3 Å². The van der Waals surface area contributed by atoms with E-state index < -0.39 is 12.4 Å². The Morgan fingerprint density at radius 3 is 3.08 bits per heavy atom. The lowest BCUT2D eigenvalue weighted by molar-refractivity contribution is -0.159. The third-order valence-corrected chi connectivity index (χ3v) is 2.90. The minimum absolute atomic E-state index is 0.0394. The number of ether oxygens (including phenoxy) is 3. The minimum atomic E-state index is -0.598. The van der Waals surface area contributed by atoms with Gasteiger partial charge in [0.15, 0.2) is 6.29 Å². The molecule has 0 aliphatic carbocycles. The summed E-state index contributed by atoms with van der Waals surface area (Å²) >= 11 is 0. The molecule has 0 saturated carbocycles. The van der Waals surface area contributed by atoms with Gasteiger partial charge in [0.1, 0.15) is 12.2 Å². The van der Waals surface area contributed by atoms with Crippen molar-refractivity contribution in [2.45, 2.75) is 43.5 Å². The van der Waals surface area contributed by atoms with E-state index in [0.29, 0.717) is 6.61 Å². The van der Waals surface area contributed by atoms with Crippen LogP contribution in [-0.2, 0) is 14.2 Å². The van der Waals surface area contributed by atoms with Crippen molar-refractivity contribution in [1.29, 1.82) is 0 Å². The first-order valence-electron chi connectivity index (χ1n) is 4.31. The predicted octanol–water partition coefficient (Wildman–Crippen LogP) is -0.350. The number of rotatable bonds is 0. The lowest BCUT2D eigenvalue weighted by Crippen LogP contribution is -2.31. The van der Waals surface area contributed by atoms with Gasteiger partial charge < -0.3 is 19.3 Å². The van der Waals surface area contributed by atoms with Crippen LogP contribution >= 0.6 is 0 Å². The number of fused-ring (bicyclic) bond motifs is 1. The summed E-state index contributed by atoms with van der Waals surface area (Å²) in [6.45, 7) is 2.53. The Morgan fingerprint density at radius 2 is 2.33 bits per heavy atom. The van der Waals surface area contributed by atoms with Gasteiger partial charge in [-0.3, -0.25) is 0 Å². The zero-order chi connectivity index (χ0) is 8.34. The molecule has 0 radical (unpaired) electrons. The predicted molar refractivity (Wildman–Crippen MR) is 38.5 cm³/mol. The molecule has 0 amide bonds. The molecule has 4 bridgehead atoms. The van der Waals surface area contributed by atoms with Crippen molar-refractivity contribution in [2.75, 3.05) is 6.61 Å². The normalized spacial score (nSPS) is 62.5. The fraction of sp³-hybridized carbons (Fsp3) is 1.00. The standard InChI is InChI=1S/C8H12O4/c1-8-2-4-6(12-8)5(9)7(11-4)10-3-8/h4-7,9H,2-3H2,1H3/t4-,5+,6-,7+,8+/m1/s1. The van der Waals surface area contributed by atoms with E-state index >= 15 is 0 Å². The zero-order valence-electron chi connectivity index (χ0n) is 6.90. The van der Waals surface area contributed by atoms with Gasteiger partial charge in [-0.25, -0.2) is 0 Å². The van der Waals surface area contributed by atoms with E-state index in [0.717, 1.165) is 6.42 Å². The third kappa shape index (κ3) is 0.758. The Morgan fingerprint density at radius 1 is 1.50 bits per heavy atom. The summed E-state index contributed by atoms with van der Waals surface area (Å²) in [5.41, 5.74) is -0.235. The SMILES string of the molecule is C[C@@]12CO[C@H]3O[C@H](C1)[C@@H](O2)[C@@H]3O. The van der Waals surface area contributed by atoms with E-state index in [9.17, 15) is 5.11 Å². The molecule has 4 heterocycles. The van der Waals surface area contributed by atoms with Crippen molar-refractivity contribution >= 4 is 0 Å². The largest absolute Gasteiger partial charge is 0.385 e. The van der Waals surface area contributed by atoms with Gasteiger partial charge in [0, 0.05) is 6.42 Å². The molecule has 5 atom stereocenters. The maximum absolute atomic E-state index is 9.63. The van der Waals surface area contributed by atoms with Gasteiger partial charge in [0.2, 0.25) is 0 Å².